The molecule has 0 spiro atoms. The molecule has 4 nitrogen and oxygen atoms in total. The van der Waals surface area contributed by atoms with Crippen molar-refractivity contribution >= 4 is 5.91 Å². The Bertz CT molecular complexity index is 422. The summed E-state index contributed by atoms with van der Waals surface area (Å²) in [6, 6.07) is 8.28. The molecule has 1 amide bonds. The molecule has 1 aromatic rings. The first-order valence-corrected chi connectivity index (χ1v) is 6.87. The van der Waals surface area contributed by atoms with Crippen LogP contribution in [0.1, 0.15) is 30.9 Å². The second kappa shape index (κ2) is 6.17. The van der Waals surface area contributed by atoms with E-state index < -0.39 is 5.54 Å². The molecule has 3 N–H and O–H groups in total. The van der Waals surface area contributed by atoms with Gasteiger partial charge in [0, 0.05) is 19.8 Å². The van der Waals surface area contributed by atoms with E-state index in [0.717, 1.165) is 12.0 Å². The Balaban J connectivity index is 1.88. The minimum atomic E-state index is -0.762. The van der Waals surface area contributed by atoms with Gasteiger partial charge in [-0.15, -0.1) is 0 Å². The number of nitrogens with two attached hydrogens (primary N) is 1. The maximum absolute atomic E-state index is 12.1. The van der Waals surface area contributed by atoms with E-state index in [1.165, 1.54) is 5.56 Å². The number of hydrogen-bond acceptors (Lipinski definition) is 3. The molecule has 19 heavy (non-hydrogen) atoms. The van der Waals surface area contributed by atoms with Crippen LogP contribution < -0.4 is 11.1 Å². The van der Waals surface area contributed by atoms with Crippen molar-refractivity contribution in [1.82, 2.24) is 5.32 Å². The molecule has 0 bridgehead atoms. The predicted octanol–water partition coefficient (Wildman–Crippen LogP) is 1.37. The first-order chi connectivity index (χ1) is 9.14. The van der Waals surface area contributed by atoms with Gasteiger partial charge < -0.3 is 15.8 Å². The Morgan fingerprint density at radius 2 is 1.84 bits per heavy atom. The van der Waals surface area contributed by atoms with Crippen molar-refractivity contribution in [1.29, 1.82) is 0 Å². The molecule has 1 saturated heterocycles. The first kappa shape index (κ1) is 14.0. The van der Waals surface area contributed by atoms with Gasteiger partial charge in [-0.2, -0.15) is 0 Å². The summed E-state index contributed by atoms with van der Waals surface area (Å²) in [5.41, 5.74) is 7.76. The summed E-state index contributed by atoms with van der Waals surface area (Å²) in [5.74, 6) is -0.0737. The van der Waals surface area contributed by atoms with E-state index in [4.69, 9.17) is 10.5 Å². The molecule has 1 heterocycles. The smallest absolute Gasteiger partial charge is 0.240 e. The minimum Gasteiger partial charge on any atom is -0.381 e. The van der Waals surface area contributed by atoms with Crippen LogP contribution in [0.4, 0.5) is 0 Å². The number of hydrogen-bond donors (Lipinski definition) is 2. The van der Waals surface area contributed by atoms with E-state index >= 15 is 0 Å². The van der Waals surface area contributed by atoms with Crippen molar-refractivity contribution in [3.63, 3.8) is 0 Å². The van der Waals surface area contributed by atoms with E-state index in [1.807, 2.05) is 12.1 Å². The second-order valence-corrected chi connectivity index (χ2v) is 5.12. The van der Waals surface area contributed by atoms with Crippen LogP contribution in [0.15, 0.2) is 24.3 Å². The lowest BCUT2D eigenvalue weighted by atomic mass is 9.90. The minimum absolute atomic E-state index is 0.0737. The molecule has 1 aliphatic rings. The van der Waals surface area contributed by atoms with Crippen LogP contribution in [0, 0.1) is 0 Å². The molecule has 0 saturated carbocycles. The Kier molecular flexibility index (Phi) is 4.56. The van der Waals surface area contributed by atoms with Crippen LogP contribution in [0.2, 0.25) is 0 Å². The Hall–Kier alpha value is -1.39. The lowest BCUT2D eigenvalue weighted by Crippen LogP contribution is -2.56. The molecule has 1 fully saturated rings. The highest BCUT2D eigenvalue weighted by Gasteiger charge is 2.35. The summed E-state index contributed by atoms with van der Waals surface area (Å²) in [6.07, 6.45) is 2.21. The zero-order valence-electron chi connectivity index (χ0n) is 11.4. The topological polar surface area (TPSA) is 64.4 Å². The number of benzene rings is 1. The van der Waals surface area contributed by atoms with E-state index in [0.29, 0.717) is 32.6 Å². The molecule has 2 rings (SSSR count). The lowest BCUT2D eigenvalue weighted by molar-refractivity contribution is -0.129. The Labute approximate surface area is 114 Å². The SMILES string of the molecule is CCc1ccc(CNC(=O)C2(N)CCOCC2)cc1. The Morgan fingerprint density at radius 3 is 2.42 bits per heavy atom. The quantitative estimate of drug-likeness (QED) is 0.861. The third-order valence-electron chi connectivity index (χ3n) is 3.72. The summed E-state index contributed by atoms with van der Waals surface area (Å²) in [5, 5.41) is 2.93. The zero-order chi connectivity index (χ0) is 13.7. The molecule has 0 radical (unpaired) electrons. The van der Waals surface area contributed by atoms with Crippen LogP contribution in [0.5, 0.6) is 0 Å². The average Bonchev–Trinajstić information content (AvgIpc) is 2.46. The van der Waals surface area contributed by atoms with Crippen molar-refractivity contribution in [2.75, 3.05) is 13.2 Å². The van der Waals surface area contributed by atoms with Crippen molar-refractivity contribution in [3.05, 3.63) is 35.4 Å². The van der Waals surface area contributed by atoms with Crippen LogP contribution in [-0.4, -0.2) is 24.7 Å². The molecule has 0 unspecified atom stereocenters. The van der Waals surface area contributed by atoms with E-state index in [2.05, 4.69) is 24.4 Å². The highest BCUT2D eigenvalue weighted by Crippen LogP contribution is 2.18. The van der Waals surface area contributed by atoms with Crippen molar-refractivity contribution in [2.45, 2.75) is 38.3 Å². The van der Waals surface area contributed by atoms with Gasteiger partial charge >= 0.3 is 0 Å². The molecule has 4 heteroatoms. The predicted molar refractivity (Wildman–Crippen MR) is 74.6 cm³/mol. The van der Waals surface area contributed by atoms with E-state index in [9.17, 15) is 4.79 Å². The summed E-state index contributed by atoms with van der Waals surface area (Å²) < 4.78 is 5.24. The van der Waals surface area contributed by atoms with Crippen molar-refractivity contribution in [3.8, 4) is 0 Å². The molecule has 1 aliphatic heterocycles. The largest absolute Gasteiger partial charge is 0.381 e. The van der Waals surface area contributed by atoms with Gasteiger partial charge in [-0.25, -0.2) is 0 Å². The third-order valence-corrected chi connectivity index (χ3v) is 3.72. The highest BCUT2D eigenvalue weighted by molar-refractivity contribution is 5.86. The number of carbonyl (C=O) groups is 1. The standard InChI is InChI=1S/C15H22N2O2/c1-2-12-3-5-13(6-4-12)11-17-14(18)15(16)7-9-19-10-8-15/h3-6H,2,7-11,16H2,1H3,(H,17,18). The summed E-state index contributed by atoms with van der Waals surface area (Å²) in [4.78, 5) is 12.1. The molecular weight excluding hydrogens is 240 g/mol. The summed E-state index contributed by atoms with van der Waals surface area (Å²) in [7, 11) is 0. The number of nitrogens with one attached hydrogen (secondary N) is 1. The van der Waals surface area contributed by atoms with E-state index in [-0.39, 0.29) is 5.91 Å². The van der Waals surface area contributed by atoms with Gasteiger partial charge in [0.2, 0.25) is 5.91 Å². The fourth-order valence-electron chi connectivity index (χ4n) is 2.21. The van der Waals surface area contributed by atoms with Crippen LogP contribution in [0.3, 0.4) is 0 Å². The van der Waals surface area contributed by atoms with Crippen molar-refractivity contribution in [2.24, 2.45) is 5.73 Å². The number of ether oxygens (including phenoxy) is 1. The van der Waals surface area contributed by atoms with Gasteiger partial charge in [0.05, 0.1) is 5.54 Å². The summed E-state index contributed by atoms with van der Waals surface area (Å²) in [6.45, 7) is 3.78. The maximum Gasteiger partial charge on any atom is 0.240 e. The van der Waals surface area contributed by atoms with Gasteiger partial charge in [0.15, 0.2) is 0 Å². The average molecular weight is 262 g/mol. The zero-order valence-corrected chi connectivity index (χ0v) is 11.4. The Morgan fingerprint density at radius 1 is 1.26 bits per heavy atom. The molecule has 0 atom stereocenters. The number of rotatable bonds is 4. The van der Waals surface area contributed by atoms with Gasteiger partial charge in [-0.05, 0) is 30.4 Å². The highest BCUT2D eigenvalue weighted by atomic mass is 16.5. The van der Waals surface area contributed by atoms with Crippen LogP contribution in [0.25, 0.3) is 0 Å². The van der Waals surface area contributed by atoms with Crippen molar-refractivity contribution < 1.29 is 9.53 Å². The molecular formula is C15H22N2O2. The number of amides is 1. The molecule has 0 aromatic heterocycles. The molecule has 1 aromatic carbocycles. The lowest BCUT2D eigenvalue weighted by Gasteiger charge is -2.31. The summed E-state index contributed by atoms with van der Waals surface area (Å²) >= 11 is 0. The van der Waals surface area contributed by atoms with Crippen LogP contribution >= 0.6 is 0 Å². The second-order valence-electron chi connectivity index (χ2n) is 5.12. The number of aryl methyl sites for hydroxylation is 1. The fraction of sp³-hybridized carbons (Fsp3) is 0.533. The third kappa shape index (κ3) is 3.55. The fourth-order valence-corrected chi connectivity index (χ4v) is 2.21. The van der Waals surface area contributed by atoms with Gasteiger partial charge in [-0.1, -0.05) is 31.2 Å². The monoisotopic (exact) mass is 262 g/mol. The molecule has 0 aliphatic carbocycles. The van der Waals surface area contributed by atoms with Gasteiger partial charge in [0.25, 0.3) is 0 Å². The van der Waals surface area contributed by atoms with Gasteiger partial charge in [0.1, 0.15) is 0 Å². The van der Waals surface area contributed by atoms with Gasteiger partial charge in [-0.3, -0.25) is 4.79 Å². The first-order valence-electron chi connectivity index (χ1n) is 6.87. The van der Waals surface area contributed by atoms with Crippen LogP contribution in [-0.2, 0) is 22.5 Å². The maximum atomic E-state index is 12.1. The normalized spacial score (nSPS) is 18.0. The van der Waals surface area contributed by atoms with E-state index in [1.54, 1.807) is 0 Å². The molecule has 104 valence electrons. The number of carbonyl (C=O) groups excluding carboxylic acids is 1.